The van der Waals surface area contributed by atoms with Gasteiger partial charge in [-0.25, -0.2) is 0 Å². The first-order chi connectivity index (χ1) is 6.94. The van der Waals surface area contributed by atoms with E-state index >= 15 is 0 Å². The molecule has 16 heavy (non-hydrogen) atoms. The summed E-state index contributed by atoms with van der Waals surface area (Å²) in [5.74, 6) is 0. The van der Waals surface area contributed by atoms with Crippen molar-refractivity contribution < 1.29 is 19.4 Å². The lowest BCUT2D eigenvalue weighted by atomic mass is 10.1. The number of nitrogens with two attached hydrogens (primary N) is 1. The van der Waals surface area contributed by atoms with E-state index in [9.17, 15) is 19.4 Å². The smallest absolute Gasteiger partial charge is 0.310 e. The predicted molar refractivity (Wildman–Crippen MR) is 55.1 cm³/mol. The minimum Gasteiger partial charge on any atom is -0.324 e. The summed E-state index contributed by atoms with van der Waals surface area (Å²) in [5.41, 5.74) is 5.97. The van der Waals surface area contributed by atoms with Crippen LogP contribution in [0.3, 0.4) is 0 Å². The first-order valence-corrected chi connectivity index (χ1v) is 6.49. The Labute approximate surface area is 90.2 Å². The highest BCUT2D eigenvalue weighted by molar-refractivity contribution is 8.45. The number of hydrogen-bond donors (Lipinski definition) is 1. The van der Waals surface area contributed by atoms with Crippen LogP contribution in [-0.2, 0) is 0 Å². The van der Waals surface area contributed by atoms with E-state index in [1.165, 1.54) is 0 Å². The van der Waals surface area contributed by atoms with Gasteiger partial charge in [-0.15, -0.1) is 0 Å². The van der Waals surface area contributed by atoms with Gasteiger partial charge in [0.05, 0.1) is 0 Å². The average molecular weight is 261 g/mol. The zero-order valence-corrected chi connectivity index (χ0v) is 9.29. The van der Waals surface area contributed by atoms with E-state index in [2.05, 4.69) is 0 Å². The SMILES string of the molecule is CC[C@@H](N)c1ccc(S(F)(F)(F)(F)F)cc1. The highest BCUT2D eigenvalue weighted by Gasteiger charge is 2.65. The molecule has 0 radical (unpaired) electrons. The molecule has 1 rings (SSSR count). The molecular weight excluding hydrogens is 249 g/mol. The van der Waals surface area contributed by atoms with Gasteiger partial charge >= 0.3 is 10.2 Å². The fraction of sp³-hybridized carbons (Fsp3) is 0.333. The Hall–Kier alpha value is -0.820. The van der Waals surface area contributed by atoms with Crippen LogP contribution < -0.4 is 5.73 Å². The summed E-state index contributed by atoms with van der Waals surface area (Å²) in [6, 6.07) is 2.30. The lowest BCUT2D eigenvalue weighted by Crippen LogP contribution is -2.10. The Morgan fingerprint density at radius 3 is 1.81 bits per heavy atom. The van der Waals surface area contributed by atoms with Crippen LogP contribution in [0.1, 0.15) is 24.9 Å². The summed E-state index contributed by atoms with van der Waals surface area (Å²) < 4.78 is 61.7. The first-order valence-electron chi connectivity index (χ1n) is 4.53. The molecule has 1 aromatic carbocycles. The maximum absolute atomic E-state index is 12.3. The molecule has 0 aliphatic heterocycles. The van der Waals surface area contributed by atoms with Crippen LogP contribution >= 0.6 is 10.2 Å². The molecule has 0 amide bonds. The van der Waals surface area contributed by atoms with E-state index in [1.54, 1.807) is 6.92 Å². The van der Waals surface area contributed by atoms with Gasteiger partial charge in [-0.05, 0) is 24.1 Å². The van der Waals surface area contributed by atoms with Crippen molar-refractivity contribution in [3.8, 4) is 0 Å². The minimum atomic E-state index is -9.54. The van der Waals surface area contributed by atoms with Gasteiger partial charge in [0.25, 0.3) is 0 Å². The maximum Gasteiger partial charge on any atom is 0.310 e. The third kappa shape index (κ3) is 3.08. The maximum atomic E-state index is 12.3. The van der Waals surface area contributed by atoms with E-state index in [4.69, 9.17) is 5.73 Å². The van der Waals surface area contributed by atoms with Gasteiger partial charge in [0.2, 0.25) is 0 Å². The van der Waals surface area contributed by atoms with E-state index in [1.807, 2.05) is 0 Å². The fourth-order valence-corrected chi connectivity index (χ4v) is 1.86. The number of halogens is 5. The van der Waals surface area contributed by atoms with Gasteiger partial charge in [-0.1, -0.05) is 38.5 Å². The Balaban J connectivity index is 3.16. The second-order valence-electron chi connectivity index (χ2n) is 3.55. The molecule has 1 atom stereocenters. The molecule has 94 valence electrons. The Bertz CT molecular complexity index is 382. The van der Waals surface area contributed by atoms with Crippen molar-refractivity contribution in [3.63, 3.8) is 0 Å². The summed E-state index contributed by atoms with van der Waals surface area (Å²) in [5, 5.41) is 0. The summed E-state index contributed by atoms with van der Waals surface area (Å²) in [6.45, 7) is 1.75. The lowest BCUT2D eigenvalue weighted by molar-refractivity contribution is 0.364. The van der Waals surface area contributed by atoms with Crippen LogP contribution in [0.25, 0.3) is 0 Å². The Kier molecular flexibility index (Phi) is 2.57. The van der Waals surface area contributed by atoms with E-state index in [-0.39, 0.29) is 0 Å². The summed E-state index contributed by atoms with van der Waals surface area (Å²) >= 11 is 0. The molecule has 0 unspecified atom stereocenters. The summed E-state index contributed by atoms with van der Waals surface area (Å²) in [4.78, 5) is -1.88. The molecule has 0 aliphatic carbocycles. The zero-order valence-electron chi connectivity index (χ0n) is 8.47. The Morgan fingerprint density at radius 2 is 1.50 bits per heavy atom. The molecule has 0 bridgehead atoms. The third-order valence-corrected chi connectivity index (χ3v) is 3.36. The van der Waals surface area contributed by atoms with E-state index in [0.717, 1.165) is 12.1 Å². The van der Waals surface area contributed by atoms with Gasteiger partial charge in [-0.3, -0.25) is 0 Å². The van der Waals surface area contributed by atoms with Crippen molar-refractivity contribution in [3.05, 3.63) is 29.8 Å². The van der Waals surface area contributed by atoms with Crippen LogP contribution in [0, 0.1) is 0 Å². The van der Waals surface area contributed by atoms with Crippen LogP contribution in [0.15, 0.2) is 29.2 Å². The van der Waals surface area contributed by atoms with Crippen molar-refractivity contribution in [2.24, 2.45) is 5.73 Å². The van der Waals surface area contributed by atoms with Crippen molar-refractivity contribution >= 4 is 10.2 Å². The fourth-order valence-electron chi connectivity index (χ4n) is 1.21. The number of hydrogen-bond acceptors (Lipinski definition) is 1. The normalized spacial score (nSPS) is 18.7. The van der Waals surface area contributed by atoms with Gasteiger partial charge in [0.1, 0.15) is 4.90 Å². The summed E-state index contributed by atoms with van der Waals surface area (Å²) in [7, 11) is -9.54. The monoisotopic (exact) mass is 261 g/mol. The van der Waals surface area contributed by atoms with E-state index < -0.39 is 21.2 Å². The molecule has 1 nitrogen and oxygen atoms in total. The third-order valence-electron chi connectivity index (χ3n) is 2.19. The molecule has 0 saturated heterocycles. The first kappa shape index (κ1) is 13.2. The van der Waals surface area contributed by atoms with Crippen LogP contribution in [0.2, 0.25) is 0 Å². The molecule has 0 spiro atoms. The van der Waals surface area contributed by atoms with Gasteiger partial charge < -0.3 is 5.73 Å². The predicted octanol–water partition coefficient (Wildman–Crippen LogP) is 4.75. The molecule has 2 N–H and O–H groups in total. The van der Waals surface area contributed by atoms with Gasteiger partial charge in [-0.2, -0.15) is 0 Å². The van der Waals surface area contributed by atoms with Crippen molar-refractivity contribution in [1.82, 2.24) is 0 Å². The van der Waals surface area contributed by atoms with Crippen LogP contribution in [-0.4, -0.2) is 0 Å². The second-order valence-corrected chi connectivity index (χ2v) is 5.96. The highest BCUT2D eigenvalue weighted by Crippen LogP contribution is 3.02. The lowest BCUT2D eigenvalue weighted by Gasteiger charge is -2.40. The molecule has 0 heterocycles. The molecule has 7 heteroatoms. The summed E-state index contributed by atoms with van der Waals surface area (Å²) in [6.07, 6.45) is 0.524. The van der Waals surface area contributed by atoms with Gasteiger partial charge in [0.15, 0.2) is 0 Å². The molecule has 0 aliphatic rings. The Morgan fingerprint density at radius 1 is 1.06 bits per heavy atom. The van der Waals surface area contributed by atoms with Crippen LogP contribution in [0.4, 0.5) is 19.4 Å². The zero-order chi connectivity index (χ0) is 12.7. The van der Waals surface area contributed by atoms with E-state index in [0.29, 0.717) is 24.1 Å². The topological polar surface area (TPSA) is 26.0 Å². The quantitative estimate of drug-likeness (QED) is 0.780. The largest absolute Gasteiger partial charge is 0.324 e. The molecular formula is C9H12F5NS. The average Bonchev–Trinajstić information content (AvgIpc) is 2.13. The molecule has 0 aromatic heterocycles. The van der Waals surface area contributed by atoms with Crippen LogP contribution in [0.5, 0.6) is 0 Å². The van der Waals surface area contributed by atoms with Crippen molar-refractivity contribution in [2.75, 3.05) is 0 Å². The van der Waals surface area contributed by atoms with Crippen molar-refractivity contribution in [1.29, 1.82) is 0 Å². The highest BCUT2D eigenvalue weighted by atomic mass is 32.5. The molecule has 1 aromatic rings. The standard InChI is InChI=1S/C9H12F5NS/c1-2-9(15)7-3-5-8(6-4-7)16(10,11,12,13)14/h3-6,9H,2,15H2,1H3/t9-/m1/s1. The van der Waals surface area contributed by atoms with Gasteiger partial charge in [0, 0.05) is 6.04 Å². The molecule has 0 fully saturated rings. The minimum absolute atomic E-state index is 0.381. The molecule has 0 saturated carbocycles. The number of rotatable bonds is 3. The second kappa shape index (κ2) is 3.10. The number of benzene rings is 1. The van der Waals surface area contributed by atoms with Crippen molar-refractivity contribution in [2.45, 2.75) is 24.3 Å².